The third-order valence-electron chi connectivity index (χ3n) is 4.87. The van der Waals surface area contributed by atoms with Crippen LogP contribution >= 0.6 is 0 Å². The predicted molar refractivity (Wildman–Crippen MR) is 98.5 cm³/mol. The molecular formula is C21H21NO3. The van der Waals surface area contributed by atoms with Gasteiger partial charge >= 0.3 is 0 Å². The minimum atomic E-state index is -0.123. The van der Waals surface area contributed by atoms with Gasteiger partial charge in [0.1, 0.15) is 17.2 Å². The second-order valence-electron chi connectivity index (χ2n) is 6.76. The summed E-state index contributed by atoms with van der Waals surface area (Å²) < 4.78 is 7.67. The van der Waals surface area contributed by atoms with E-state index in [9.17, 15) is 9.90 Å². The van der Waals surface area contributed by atoms with Crippen LogP contribution in [0.25, 0.3) is 10.9 Å². The van der Waals surface area contributed by atoms with Crippen LogP contribution in [-0.4, -0.2) is 9.67 Å². The van der Waals surface area contributed by atoms with Crippen LogP contribution in [0.5, 0.6) is 17.2 Å². The van der Waals surface area contributed by atoms with Crippen LogP contribution in [0, 0.1) is 12.8 Å². The Labute approximate surface area is 146 Å². The van der Waals surface area contributed by atoms with Crippen LogP contribution in [0.1, 0.15) is 24.8 Å². The number of aromatic nitrogens is 1. The fourth-order valence-corrected chi connectivity index (χ4v) is 3.18. The molecule has 0 amide bonds. The van der Waals surface area contributed by atoms with Crippen LogP contribution in [0.3, 0.4) is 0 Å². The standard InChI is InChI=1S/C21H21NO3/c1-14-20(23)18-10-9-17(25-16-5-3-2-4-6-16)13-19(18)22(21(14)24)12-11-15-7-8-15/h2-6,9-10,13,15,23H,7-8,11-12H2,1H3. The van der Waals surface area contributed by atoms with Crippen molar-refractivity contribution >= 4 is 10.9 Å². The zero-order chi connectivity index (χ0) is 17.4. The number of aromatic hydroxyl groups is 1. The number of ether oxygens (including phenoxy) is 1. The van der Waals surface area contributed by atoms with Crippen molar-refractivity contribution in [1.82, 2.24) is 4.57 Å². The van der Waals surface area contributed by atoms with Crippen molar-refractivity contribution in [3.05, 3.63) is 64.4 Å². The lowest BCUT2D eigenvalue weighted by atomic mass is 10.1. The van der Waals surface area contributed by atoms with Crippen molar-refractivity contribution in [3.63, 3.8) is 0 Å². The Balaban J connectivity index is 1.79. The summed E-state index contributed by atoms with van der Waals surface area (Å²) in [6.07, 6.45) is 3.52. The minimum Gasteiger partial charge on any atom is -0.507 e. The smallest absolute Gasteiger partial charge is 0.257 e. The normalized spacial score (nSPS) is 14.0. The summed E-state index contributed by atoms with van der Waals surface area (Å²) in [6.45, 7) is 2.36. The molecule has 1 aliphatic rings. The molecule has 4 nitrogen and oxygen atoms in total. The first kappa shape index (κ1) is 15.8. The minimum absolute atomic E-state index is 0.0638. The largest absolute Gasteiger partial charge is 0.507 e. The van der Waals surface area contributed by atoms with E-state index in [0.717, 1.165) is 23.6 Å². The molecule has 1 heterocycles. The quantitative estimate of drug-likeness (QED) is 0.741. The van der Waals surface area contributed by atoms with Gasteiger partial charge in [-0.3, -0.25) is 4.79 Å². The van der Waals surface area contributed by atoms with Crippen molar-refractivity contribution in [3.8, 4) is 17.2 Å². The average Bonchev–Trinajstić information content (AvgIpc) is 3.45. The Morgan fingerprint density at radius 1 is 1.12 bits per heavy atom. The monoisotopic (exact) mass is 335 g/mol. The highest BCUT2D eigenvalue weighted by Gasteiger charge is 2.22. The summed E-state index contributed by atoms with van der Waals surface area (Å²) in [6, 6.07) is 15.0. The van der Waals surface area contributed by atoms with Crippen LogP contribution in [-0.2, 0) is 6.54 Å². The van der Waals surface area contributed by atoms with Gasteiger partial charge in [-0.2, -0.15) is 0 Å². The van der Waals surface area contributed by atoms with Gasteiger partial charge in [-0.1, -0.05) is 31.0 Å². The van der Waals surface area contributed by atoms with Gasteiger partial charge in [-0.05, 0) is 43.5 Å². The van der Waals surface area contributed by atoms with E-state index >= 15 is 0 Å². The number of hydrogen-bond donors (Lipinski definition) is 1. The number of benzene rings is 2. The lowest BCUT2D eigenvalue weighted by Gasteiger charge is -2.15. The number of aryl methyl sites for hydroxylation is 1. The Morgan fingerprint density at radius 2 is 1.88 bits per heavy atom. The maximum atomic E-state index is 12.7. The summed E-state index contributed by atoms with van der Waals surface area (Å²) in [4.78, 5) is 12.7. The van der Waals surface area contributed by atoms with E-state index in [4.69, 9.17) is 4.74 Å². The molecule has 3 aromatic rings. The average molecular weight is 335 g/mol. The third-order valence-corrected chi connectivity index (χ3v) is 4.87. The highest BCUT2D eigenvalue weighted by atomic mass is 16.5. The molecule has 0 unspecified atom stereocenters. The molecule has 1 aliphatic carbocycles. The SMILES string of the molecule is Cc1c(O)c2ccc(Oc3ccccc3)cc2n(CCC2CC2)c1=O. The van der Waals surface area contributed by atoms with E-state index in [2.05, 4.69) is 0 Å². The van der Waals surface area contributed by atoms with Crippen LogP contribution in [0.2, 0.25) is 0 Å². The molecule has 4 heteroatoms. The van der Waals surface area contributed by atoms with Gasteiger partial charge in [-0.15, -0.1) is 0 Å². The fourth-order valence-electron chi connectivity index (χ4n) is 3.18. The van der Waals surface area contributed by atoms with Crippen LogP contribution < -0.4 is 10.3 Å². The molecule has 1 saturated carbocycles. The highest BCUT2D eigenvalue weighted by molar-refractivity contribution is 5.87. The Morgan fingerprint density at radius 3 is 2.60 bits per heavy atom. The summed E-state index contributed by atoms with van der Waals surface area (Å²) >= 11 is 0. The van der Waals surface area contributed by atoms with E-state index in [-0.39, 0.29) is 11.3 Å². The molecule has 128 valence electrons. The molecular weight excluding hydrogens is 314 g/mol. The van der Waals surface area contributed by atoms with Gasteiger partial charge < -0.3 is 14.4 Å². The number of pyridine rings is 1. The molecule has 4 rings (SSSR count). The Kier molecular flexibility index (Phi) is 3.96. The second-order valence-corrected chi connectivity index (χ2v) is 6.76. The molecule has 0 aliphatic heterocycles. The fraction of sp³-hybridized carbons (Fsp3) is 0.286. The second kappa shape index (κ2) is 6.28. The van der Waals surface area contributed by atoms with Gasteiger partial charge in [0.05, 0.1) is 11.1 Å². The van der Waals surface area contributed by atoms with Crippen molar-refractivity contribution in [2.24, 2.45) is 5.92 Å². The maximum Gasteiger partial charge on any atom is 0.257 e. The predicted octanol–water partition coefficient (Wildman–Crippen LogP) is 4.61. The first-order valence-corrected chi connectivity index (χ1v) is 8.72. The number of rotatable bonds is 5. The van der Waals surface area contributed by atoms with Gasteiger partial charge in [-0.25, -0.2) is 0 Å². The van der Waals surface area contributed by atoms with Crippen molar-refractivity contribution in [2.75, 3.05) is 0 Å². The van der Waals surface area contributed by atoms with Crippen molar-refractivity contribution in [2.45, 2.75) is 32.7 Å². The first-order chi connectivity index (χ1) is 12.1. The molecule has 0 spiro atoms. The van der Waals surface area contributed by atoms with E-state index in [1.165, 1.54) is 12.8 Å². The number of hydrogen-bond acceptors (Lipinski definition) is 3. The van der Waals surface area contributed by atoms with Gasteiger partial charge in [0.15, 0.2) is 0 Å². The molecule has 0 radical (unpaired) electrons. The van der Waals surface area contributed by atoms with E-state index < -0.39 is 0 Å². The van der Waals surface area contributed by atoms with E-state index in [0.29, 0.717) is 23.2 Å². The summed E-state index contributed by atoms with van der Waals surface area (Å²) in [5.74, 6) is 2.19. The molecule has 1 aromatic heterocycles. The molecule has 1 N–H and O–H groups in total. The third kappa shape index (κ3) is 3.12. The lowest BCUT2D eigenvalue weighted by molar-refractivity contribution is 0.471. The molecule has 1 fully saturated rings. The van der Waals surface area contributed by atoms with Gasteiger partial charge in [0, 0.05) is 18.0 Å². The van der Waals surface area contributed by atoms with E-state index in [1.54, 1.807) is 11.5 Å². The summed E-state index contributed by atoms with van der Waals surface area (Å²) in [5, 5.41) is 11.1. The van der Waals surface area contributed by atoms with Gasteiger partial charge in [0.25, 0.3) is 5.56 Å². The van der Waals surface area contributed by atoms with Crippen LogP contribution in [0.15, 0.2) is 53.3 Å². The van der Waals surface area contributed by atoms with E-state index in [1.807, 2.05) is 48.5 Å². The Bertz CT molecular complexity index is 972. The topological polar surface area (TPSA) is 51.5 Å². The molecule has 0 atom stereocenters. The lowest BCUT2D eigenvalue weighted by Crippen LogP contribution is -2.23. The molecule has 25 heavy (non-hydrogen) atoms. The molecule has 0 bridgehead atoms. The number of nitrogens with zero attached hydrogens (tertiary/aromatic N) is 1. The summed E-state index contributed by atoms with van der Waals surface area (Å²) in [7, 11) is 0. The Hall–Kier alpha value is -2.75. The number of para-hydroxylation sites is 1. The van der Waals surface area contributed by atoms with Crippen LogP contribution in [0.4, 0.5) is 0 Å². The number of fused-ring (bicyclic) bond motifs is 1. The molecule has 2 aromatic carbocycles. The summed E-state index contributed by atoms with van der Waals surface area (Å²) in [5.41, 5.74) is 1.00. The van der Waals surface area contributed by atoms with Gasteiger partial charge in [0.2, 0.25) is 0 Å². The molecule has 0 saturated heterocycles. The zero-order valence-corrected chi connectivity index (χ0v) is 14.2. The van der Waals surface area contributed by atoms with Crippen molar-refractivity contribution in [1.29, 1.82) is 0 Å². The first-order valence-electron chi connectivity index (χ1n) is 8.72. The zero-order valence-electron chi connectivity index (χ0n) is 14.2. The van der Waals surface area contributed by atoms with Crippen molar-refractivity contribution < 1.29 is 9.84 Å². The maximum absolute atomic E-state index is 12.7. The highest BCUT2D eigenvalue weighted by Crippen LogP contribution is 2.34.